The topological polar surface area (TPSA) is 12.0 Å². The van der Waals surface area contributed by atoms with Crippen LogP contribution in [0, 0.1) is 5.82 Å². The zero-order chi connectivity index (χ0) is 10.7. The Morgan fingerprint density at radius 2 is 2.40 bits per heavy atom. The van der Waals surface area contributed by atoms with E-state index >= 15 is 0 Å². The van der Waals surface area contributed by atoms with E-state index in [0.717, 1.165) is 30.0 Å². The molecule has 0 saturated heterocycles. The maximum absolute atomic E-state index is 13.2. The van der Waals surface area contributed by atoms with Gasteiger partial charge in [-0.05, 0) is 42.0 Å². The second kappa shape index (κ2) is 4.99. The predicted molar refractivity (Wildman–Crippen MR) is 63.6 cm³/mol. The number of rotatable bonds is 2. The van der Waals surface area contributed by atoms with Crippen LogP contribution in [0.5, 0.6) is 0 Å². The highest BCUT2D eigenvalue weighted by Crippen LogP contribution is 2.30. The lowest BCUT2D eigenvalue weighted by molar-refractivity contribution is 0.534. The van der Waals surface area contributed by atoms with E-state index in [1.165, 1.54) is 5.56 Å². The first kappa shape index (κ1) is 11.0. The molecule has 0 fully saturated rings. The number of nitrogens with one attached hydrogen (secondary N) is 1. The first-order valence-electron chi connectivity index (χ1n) is 5.40. The molecule has 2 rings (SSSR count). The Labute approximate surface area is 94.5 Å². The summed E-state index contributed by atoms with van der Waals surface area (Å²) in [4.78, 5) is 0. The van der Waals surface area contributed by atoms with Crippen molar-refractivity contribution in [2.24, 2.45) is 0 Å². The molecule has 1 aromatic carbocycles. The van der Waals surface area contributed by atoms with Gasteiger partial charge in [0, 0.05) is 11.8 Å². The number of thioether (sulfide) groups is 1. The van der Waals surface area contributed by atoms with Crippen molar-refractivity contribution in [3.05, 3.63) is 35.1 Å². The molecule has 0 bridgehead atoms. The molecule has 0 saturated carbocycles. The Bertz CT molecular complexity index is 340. The molecule has 0 aliphatic carbocycles. The predicted octanol–water partition coefficient (Wildman–Crippen LogP) is 3.11. The molecule has 0 amide bonds. The Morgan fingerprint density at radius 1 is 1.53 bits per heavy atom. The van der Waals surface area contributed by atoms with Crippen molar-refractivity contribution in [1.82, 2.24) is 5.32 Å². The normalized spacial score (nSPS) is 20.8. The van der Waals surface area contributed by atoms with Gasteiger partial charge in [-0.2, -0.15) is 11.8 Å². The zero-order valence-corrected chi connectivity index (χ0v) is 9.74. The third-order valence-corrected chi connectivity index (χ3v) is 3.78. The van der Waals surface area contributed by atoms with Crippen molar-refractivity contribution in [3.63, 3.8) is 0 Å². The first-order chi connectivity index (χ1) is 7.31. The molecular weight excluding hydrogens is 209 g/mol. The minimum Gasteiger partial charge on any atom is -0.310 e. The molecule has 1 aliphatic heterocycles. The summed E-state index contributed by atoms with van der Waals surface area (Å²) in [5.41, 5.74) is 2.44. The van der Waals surface area contributed by atoms with Gasteiger partial charge in [-0.15, -0.1) is 0 Å². The van der Waals surface area contributed by atoms with Crippen molar-refractivity contribution in [1.29, 1.82) is 0 Å². The summed E-state index contributed by atoms with van der Waals surface area (Å²) in [5, 5.41) is 3.43. The van der Waals surface area contributed by atoms with Crippen molar-refractivity contribution in [2.75, 3.05) is 12.3 Å². The lowest BCUT2D eigenvalue weighted by Gasteiger charge is -2.18. The standard InChI is InChI=1S/C12H16FNS/c1-2-14-12-5-6-15-8-9-3-4-10(13)7-11(9)12/h3-4,7,12,14H,2,5-6,8H2,1H3. The van der Waals surface area contributed by atoms with Crippen LogP contribution < -0.4 is 5.32 Å². The summed E-state index contributed by atoms with van der Waals surface area (Å²) in [6.07, 6.45) is 1.09. The minimum atomic E-state index is -0.122. The van der Waals surface area contributed by atoms with Crippen LogP contribution in [0.1, 0.15) is 30.5 Å². The quantitative estimate of drug-likeness (QED) is 0.830. The molecule has 1 heterocycles. The van der Waals surface area contributed by atoms with E-state index < -0.39 is 0 Å². The second-order valence-electron chi connectivity index (χ2n) is 3.79. The highest BCUT2D eigenvalue weighted by molar-refractivity contribution is 7.98. The van der Waals surface area contributed by atoms with Crippen LogP contribution in [0.2, 0.25) is 0 Å². The highest BCUT2D eigenvalue weighted by Gasteiger charge is 2.18. The Morgan fingerprint density at radius 3 is 3.20 bits per heavy atom. The summed E-state index contributed by atoms with van der Waals surface area (Å²) >= 11 is 1.93. The Hall–Kier alpha value is -0.540. The summed E-state index contributed by atoms with van der Waals surface area (Å²) in [6.45, 7) is 3.03. The van der Waals surface area contributed by atoms with Crippen LogP contribution in [0.25, 0.3) is 0 Å². The zero-order valence-electron chi connectivity index (χ0n) is 8.92. The molecule has 0 aromatic heterocycles. The molecule has 3 heteroatoms. The SMILES string of the molecule is CCNC1CCSCc2ccc(F)cc21. The molecule has 1 atom stereocenters. The average Bonchev–Trinajstić information content (AvgIpc) is 2.42. The van der Waals surface area contributed by atoms with E-state index in [9.17, 15) is 4.39 Å². The maximum atomic E-state index is 13.2. The van der Waals surface area contributed by atoms with Gasteiger partial charge in [-0.3, -0.25) is 0 Å². The summed E-state index contributed by atoms with van der Waals surface area (Å²) in [7, 11) is 0. The van der Waals surface area contributed by atoms with Gasteiger partial charge in [0.05, 0.1) is 0 Å². The number of hydrogen-bond acceptors (Lipinski definition) is 2. The average molecular weight is 225 g/mol. The molecule has 0 radical (unpaired) electrons. The van der Waals surface area contributed by atoms with Crippen molar-refractivity contribution in [3.8, 4) is 0 Å². The van der Waals surface area contributed by atoms with E-state index in [0.29, 0.717) is 6.04 Å². The van der Waals surface area contributed by atoms with Gasteiger partial charge in [-0.1, -0.05) is 13.0 Å². The largest absolute Gasteiger partial charge is 0.310 e. The Balaban J connectivity index is 2.33. The fourth-order valence-corrected chi connectivity index (χ4v) is 3.05. The van der Waals surface area contributed by atoms with Crippen LogP contribution in [0.15, 0.2) is 18.2 Å². The van der Waals surface area contributed by atoms with Crippen molar-refractivity contribution >= 4 is 11.8 Å². The van der Waals surface area contributed by atoms with E-state index in [2.05, 4.69) is 12.2 Å². The molecule has 1 aromatic rings. The molecule has 15 heavy (non-hydrogen) atoms. The fourth-order valence-electron chi connectivity index (χ4n) is 2.02. The molecule has 82 valence electrons. The van der Waals surface area contributed by atoms with Gasteiger partial charge >= 0.3 is 0 Å². The van der Waals surface area contributed by atoms with Crippen molar-refractivity contribution < 1.29 is 4.39 Å². The molecular formula is C12H16FNS. The Kier molecular flexibility index (Phi) is 3.65. The third kappa shape index (κ3) is 2.52. The van der Waals surface area contributed by atoms with Crippen LogP contribution in [0.4, 0.5) is 4.39 Å². The summed E-state index contributed by atoms with van der Waals surface area (Å²) in [6, 6.07) is 5.51. The van der Waals surface area contributed by atoms with Crippen molar-refractivity contribution in [2.45, 2.75) is 25.1 Å². The van der Waals surface area contributed by atoms with Gasteiger partial charge in [0.1, 0.15) is 5.82 Å². The van der Waals surface area contributed by atoms with E-state index in [4.69, 9.17) is 0 Å². The minimum absolute atomic E-state index is 0.122. The molecule has 0 spiro atoms. The third-order valence-electron chi connectivity index (χ3n) is 2.74. The number of hydrogen-bond donors (Lipinski definition) is 1. The van der Waals surface area contributed by atoms with E-state index in [1.807, 2.05) is 17.8 Å². The number of halogens is 1. The van der Waals surface area contributed by atoms with Gasteiger partial charge in [-0.25, -0.2) is 4.39 Å². The lowest BCUT2D eigenvalue weighted by Crippen LogP contribution is -2.21. The van der Waals surface area contributed by atoms with Gasteiger partial charge < -0.3 is 5.32 Å². The van der Waals surface area contributed by atoms with Crippen LogP contribution in [-0.2, 0) is 5.75 Å². The lowest BCUT2D eigenvalue weighted by atomic mass is 9.99. The molecule has 1 N–H and O–H groups in total. The molecule has 1 nitrogen and oxygen atoms in total. The highest BCUT2D eigenvalue weighted by atomic mass is 32.2. The number of fused-ring (bicyclic) bond motifs is 1. The smallest absolute Gasteiger partial charge is 0.123 e. The maximum Gasteiger partial charge on any atom is 0.123 e. The van der Waals surface area contributed by atoms with Gasteiger partial charge in [0.25, 0.3) is 0 Å². The fraction of sp³-hybridized carbons (Fsp3) is 0.500. The monoisotopic (exact) mass is 225 g/mol. The number of benzene rings is 1. The van der Waals surface area contributed by atoms with Crippen LogP contribution >= 0.6 is 11.8 Å². The molecule has 1 aliphatic rings. The van der Waals surface area contributed by atoms with Gasteiger partial charge in [0.15, 0.2) is 0 Å². The summed E-state index contributed by atoms with van der Waals surface area (Å²) < 4.78 is 13.2. The summed E-state index contributed by atoms with van der Waals surface area (Å²) in [5.74, 6) is 2.04. The van der Waals surface area contributed by atoms with E-state index in [1.54, 1.807) is 12.1 Å². The first-order valence-corrected chi connectivity index (χ1v) is 6.56. The van der Waals surface area contributed by atoms with E-state index in [-0.39, 0.29) is 5.82 Å². The molecule has 1 unspecified atom stereocenters. The second-order valence-corrected chi connectivity index (χ2v) is 4.90. The van der Waals surface area contributed by atoms with Crippen LogP contribution in [-0.4, -0.2) is 12.3 Å². The van der Waals surface area contributed by atoms with Crippen LogP contribution in [0.3, 0.4) is 0 Å². The van der Waals surface area contributed by atoms with Gasteiger partial charge in [0.2, 0.25) is 0 Å².